The molecule has 0 saturated carbocycles. The van der Waals surface area contributed by atoms with Gasteiger partial charge in [-0.3, -0.25) is 4.79 Å². The van der Waals surface area contributed by atoms with Gasteiger partial charge in [-0.25, -0.2) is 4.79 Å². The number of benzene rings is 3. The maximum absolute atomic E-state index is 12.4. The van der Waals surface area contributed by atoms with Gasteiger partial charge in [-0.2, -0.15) is 0 Å². The Hall–Kier alpha value is -0.860. The van der Waals surface area contributed by atoms with E-state index in [0.717, 1.165) is 4.90 Å². The van der Waals surface area contributed by atoms with Crippen molar-refractivity contribution >= 4 is 90.6 Å². The van der Waals surface area contributed by atoms with Crippen LogP contribution in [0.15, 0.2) is 87.5 Å². The van der Waals surface area contributed by atoms with Crippen molar-refractivity contribution < 1.29 is 19.1 Å². The number of ether oxygens (including phenoxy) is 2. The standard InChI is InChI=1S/C25H22I3O4S/c1-25(2,28)24(30)32-16-15-31-23(29)17-3-9-20(10-4-17)33(21-11-5-18(26)6-12-21)22-13-7-19(27)8-14-22/h3-14H,15-16H2,1-2H3/q+1. The third kappa shape index (κ3) is 7.82. The van der Waals surface area contributed by atoms with Gasteiger partial charge in [-0.05, 0) is 132 Å². The Balaban J connectivity index is 1.72. The van der Waals surface area contributed by atoms with Gasteiger partial charge < -0.3 is 9.47 Å². The molecule has 0 heterocycles. The van der Waals surface area contributed by atoms with Crippen LogP contribution in [0.3, 0.4) is 0 Å². The lowest BCUT2D eigenvalue weighted by Crippen LogP contribution is -2.28. The summed E-state index contributed by atoms with van der Waals surface area (Å²) in [5.74, 6) is -0.767. The van der Waals surface area contributed by atoms with Crippen LogP contribution in [0.4, 0.5) is 0 Å². The molecular formula is C25H22I3O4S+. The molecule has 0 aromatic heterocycles. The molecule has 3 rings (SSSR count). The molecule has 4 nitrogen and oxygen atoms in total. The second-order valence-electron chi connectivity index (χ2n) is 7.48. The molecule has 3 aromatic rings. The van der Waals surface area contributed by atoms with E-state index in [-0.39, 0.29) is 30.1 Å². The van der Waals surface area contributed by atoms with E-state index < -0.39 is 9.39 Å². The van der Waals surface area contributed by atoms with Crippen molar-refractivity contribution in [3.8, 4) is 0 Å². The number of alkyl halides is 1. The number of rotatable bonds is 8. The zero-order valence-corrected chi connectivity index (χ0v) is 25.3. The normalized spacial score (nSPS) is 11.3. The fourth-order valence-corrected chi connectivity index (χ4v) is 5.72. The molecule has 0 fully saturated rings. The van der Waals surface area contributed by atoms with E-state index in [9.17, 15) is 9.59 Å². The van der Waals surface area contributed by atoms with E-state index in [1.807, 2.05) is 34.7 Å². The highest BCUT2D eigenvalue weighted by atomic mass is 127. The molecule has 33 heavy (non-hydrogen) atoms. The first-order valence-electron chi connectivity index (χ1n) is 10.0. The zero-order valence-electron chi connectivity index (χ0n) is 18.0. The minimum atomic E-state index is -0.608. The molecule has 0 atom stereocenters. The van der Waals surface area contributed by atoms with E-state index in [1.165, 1.54) is 16.9 Å². The van der Waals surface area contributed by atoms with Gasteiger partial charge in [0.15, 0.2) is 14.7 Å². The number of halogens is 3. The molecule has 0 amide bonds. The summed E-state index contributed by atoms with van der Waals surface area (Å²) in [5.41, 5.74) is 0.466. The van der Waals surface area contributed by atoms with Crippen LogP contribution in [0, 0.1) is 7.14 Å². The third-order valence-electron chi connectivity index (χ3n) is 4.46. The lowest BCUT2D eigenvalue weighted by atomic mass is 10.2. The first kappa shape index (κ1) is 26.7. The molecular weight excluding hydrogens is 777 g/mol. The minimum absolute atomic E-state index is 0.0225. The van der Waals surface area contributed by atoms with Crippen LogP contribution in [0.25, 0.3) is 0 Å². The molecule has 0 N–H and O–H groups in total. The molecule has 3 aromatic carbocycles. The predicted octanol–water partition coefficient (Wildman–Crippen LogP) is 6.90. The van der Waals surface area contributed by atoms with Gasteiger partial charge in [0, 0.05) is 7.14 Å². The Bertz CT molecular complexity index is 1050. The van der Waals surface area contributed by atoms with E-state index in [0.29, 0.717) is 5.56 Å². The largest absolute Gasteiger partial charge is 0.461 e. The lowest BCUT2D eigenvalue weighted by Gasteiger charge is -2.14. The van der Waals surface area contributed by atoms with Crippen molar-refractivity contribution in [2.75, 3.05) is 13.2 Å². The Morgan fingerprint density at radius 2 is 1.12 bits per heavy atom. The van der Waals surface area contributed by atoms with Crippen LogP contribution < -0.4 is 0 Å². The molecule has 0 saturated heterocycles. The highest BCUT2D eigenvalue weighted by Gasteiger charge is 2.29. The van der Waals surface area contributed by atoms with Gasteiger partial charge in [-0.15, -0.1) is 0 Å². The second-order valence-corrected chi connectivity index (χ2v) is 14.7. The van der Waals surface area contributed by atoms with Crippen molar-refractivity contribution in [1.82, 2.24) is 0 Å². The van der Waals surface area contributed by atoms with Crippen molar-refractivity contribution in [3.63, 3.8) is 0 Å². The molecule has 0 aliphatic heterocycles. The summed E-state index contributed by atoms with van der Waals surface area (Å²) < 4.78 is 12.2. The van der Waals surface area contributed by atoms with E-state index in [2.05, 4.69) is 93.7 Å². The quantitative estimate of drug-likeness (QED) is 0.0819. The molecule has 172 valence electrons. The first-order chi connectivity index (χ1) is 15.6. The van der Waals surface area contributed by atoms with Crippen LogP contribution in [-0.4, -0.2) is 28.6 Å². The minimum Gasteiger partial charge on any atom is -0.461 e. The van der Waals surface area contributed by atoms with Crippen molar-refractivity contribution in [3.05, 3.63) is 85.5 Å². The maximum Gasteiger partial charge on any atom is 0.338 e. The van der Waals surface area contributed by atoms with Gasteiger partial charge in [0.25, 0.3) is 0 Å². The number of hydrogen-bond donors (Lipinski definition) is 0. The fraction of sp³-hybridized carbons (Fsp3) is 0.200. The van der Waals surface area contributed by atoms with Gasteiger partial charge in [0.2, 0.25) is 0 Å². The average Bonchev–Trinajstić information content (AvgIpc) is 2.79. The first-order valence-corrected chi connectivity index (χ1v) is 14.5. The summed E-state index contributed by atoms with van der Waals surface area (Å²) in [6.45, 7) is 3.60. The molecule has 0 bridgehead atoms. The maximum atomic E-state index is 12.4. The zero-order chi connectivity index (χ0) is 24.0. The monoisotopic (exact) mass is 799 g/mol. The molecule has 0 aliphatic carbocycles. The summed E-state index contributed by atoms with van der Waals surface area (Å²) in [4.78, 5) is 27.7. The highest BCUT2D eigenvalue weighted by molar-refractivity contribution is 14.1. The molecule has 0 aliphatic rings. The highest BCUT2D eigenvalue weighted by Crippen LogP contribution is 2.32. The van der Waals surface area contributed by atoms with Gasteiger partial charge in [0.05, 0.1) is 16.5 Å². The van der Waals surface area contributed by atoms with Crippen molar-refractivity contribution in [1.29, 1.82) is 0 Å². The van der Waals surface area contributed by atoms with Crippen molar-refractivity contribution in [2.45, 2.75) is 32.0 Å². The molecule has 0 unspecified atom stereocenters. The van der Waals surface area contributed by atoms with Gasteiger partial charge in [0.1, 0.15) is 16.6 Å². The summed E-state index contributed by atoms with van der Waals surface area (Å²) in [5, 5.41) is 0. The summed E-state index contributed by atoms with van der Waals surface area (Å²) in [6.07, 6.45) is 0. The topological polar surface area (TPSA) is 52.6 Å². The number of esters is 2. The van der Waals surface area contributed by atoms with Crippen LogP contribution in [0.1, 0.15) is 24.2 Å². The number of carbonyl (C=O) groups excluding carboxylic acids is 2. The summed E-state index contributed by atoms with van der Waals surface area (Å²) in [7, 11) is -0.290. The Labute approximate surface area is 238 Å². The predicted molar refractivity (Wildman–Crippen MR) is 156 cm³/mol. The Morgan fingerprint density at radius 3 is 1.55 bits per heavy atom. The van der Waals surface area contributed by atoms with Crippen LogP contribution in [-0.2, 0) is 25.2 Å². The lowest BCUT2D eigenvalue weighted by molar-refractivity contribution is -0.146. The van der Waals surface area contributed by atoms with Crippen molar-refractivity contribution in [2.24, 2.45) is 0 Å². The summed E-state index contributed by atoms with van der Waals surface area (Å²) in [6, 6.07) is 24.6. The number of hydrogen-bond acceptors (Lipinski definition) is 4. The second kappa shape index (κ2) is 12.2. The Morgan fingerprint density at radius 1 is 0.727 bits per heavy atom. The smallest absolute Gasteiger partial charge is 0.338 e. The van der Waals surface area contributed by atoms with Crippen LogP contribution >= 0.6 is 67.8 Å². The Kier molecular flexibility index (Phi) is 9.89. The SMILES string of the molecule is CC(C)(I)C(=O)OCCOC(=O)c1ccc([S+](c2ccc(I)cc2)c2ccc(I)cc2)cc1. The van der Waals surface area contributed by atoms with E-state index in [1.54, 1.807) is 26.0 Å². The van der Waals surface area contributed by atoms with Crippen LogP contribution in [0.2, 0.25) is 0 Å². The average molecular weight is 799 g/mol. The number of carbonyl (C=O) groups is 2. The van der Waals surface area contributed by atoms with E-state index >= 15 is 0 Å². The summed E-state index contributed by atoms with van der Waals surface area (Å²) >= 11 is 6.63. The van der Waals surface area contributed by atoms with Crippen LogP contribution in [0.5, 0.6) is 0 Å². The third-order valence-corrected chi connectivity index (χ3v) is 8.57. The van der Waals surface area contributed by atoms with Gasteiger partial charge in [-0.1, -0.05) is 22.6 Å². The fourth-order valence-electron chi connectivity index (χ4n) is 2.80. The van der Waals surface area contributed by atoms with E-state index in [4.69, 9.17) is 9.47 Å². The molecule has 0 spiro atoms. The molecule has 8 heteroatoms. The van der Waals surface area contributed by atoms with Gasteiger partial charge >= 0.3 is 11.9 Å². The molecule has 0 radical (unpaired) electrons.